The Balaban J connectivity index is 1.68. The van der Waals surface area contributed by atoms with Gasteiger partial charge in [-0.15, -0.1) is 0 Å². The summed E-state index contributed by atoms with van der Waals surface area (Å²) in [5.41, 5.74) is 2.59. The van der Waals surface area contributed by atoms with Crippen LogP contribution >= 0.6 is 0 Å². The number of carbonyl (C=O) groups is 1. The normalized spacial score (nSPS) is 17.9. The number of furan rings is 1. The van der Waals surface area contributed by atoms with Crippen LogP contribution in [0.15, 0.2) is 53.2 Å². The van der Waals surface area contributed by atoms with Crippen molar-refractivity contribution in [3.63, 3.8) is 0 Å². The Morgan fingerprint density at radius 1 is 1.25 bits per heavy atom. The fourth-order valence-corrected chi connectivity index (χ4v) is 2.67. The molecule has 20 heavy (non-hydrogen) atoms. The number of aryl methyl sites for hydroxylation is 1. The second kappa shape index (κ2) is 5.78. The highest BCUT2D eigenvalue weighted by atomic mass is 16.3. The largest absolute Gasteiger partial charge is 0.465 e. The summed E-state index contributed by atoms with van der Waals surface area (Å²) in [6.07, 6.45) is 8.01. The zero-order valence-electron chi connectivity index (χ0n) is 11.2. The van der Waals surface area contributed by atoms with Gasteiger partial charge >= 0.3 is 0 Å². The van der Waals surface area contributed by atoms with Crippen molar-refractivity contribution in [1.29, 1.82) is 0 Å². The molecule has 1 heterocycles. The van der Waals surface area contributed by atoms with Crippen LogP contribution in [0.3, 0.4) is 0 Å². The lowest BCUT2D eigenvalue weighted by Gasteiger charge is -2.25. The van der Waals surface area contributed by atoms with Crippen molar-refractivity contribution < 1.29 is 9.21 Å². The summed E-state index contributed by atoms with van der Waals surface area (Å²) >= 11 is 0. The first-order chi connectivity index (χ1) is 9.83. The van der Waals surface area contributed by atoms with Crippen molar-refractivity contribution in [3.8, 4) is 0 Å². The topological polar surface area (TPSA) is 42.2 Å². The summed E-state index contributed by atoms with van der Waals surface area (Å²) in [7, 11) is 0. The average molecular weight is 267 g/mol. The molecule has 1 aromatic heterocycles. The summed E-state index contributed by atoms with van der Waals surface area (Å²) in [6, 6.07) is 12.1. The van der Waals surface area contributed by atoms with Crippen molar-refractivity contribution in [2.24, 2.45) is 0 Å². The highest BCUT2D eigenvalue weighted by molar-refractivity contribution is 5.91. The summed E-state index contributed by atoms with van der Waals surface area (Å²) in [4.78, 5) is 12.0. The zero-order valence-corrected chi connectivity index (χ0v) is 11.2. The molecule has 0 saturated carbocycles. The summed E-state index contributed by atoms with van der Waals surface area (Å²) in [5, 5.41) is 3.07. The Morgan fingerprint density at radius 3 is 3.00 bits per heavy atom. The minimum absolute atomic E-state index is 0.0805. The summed E-state index contributed by atoms with van der Waals surface area (Å²) < 4.78 is 5.16. The summed E-state index contributed by atoms with van der Waals surface area (Å²) in [6.45, 7) is 0. The van der Waals surface area contributed by atoms with Crippen LogP contribution in [0, 0.1) is 0 Å². The van der Waals surface area contributed by atoms with E-state index in [1.54, 1.807) is 18.4 Å². The number of hydrogen-bond donors (Lipinski definition) is 1. The molecule has 0 aliphatic heterocycles. The zero-order chi connectivity index (χ0) is 13.8. The molecule has 0 unspecified atom stereocenters. The van der Waals surface area contributed by atoms with E-state index in [4.69, 9.17) is 4.42 Å². The monoisotopic (exact) mass is 267 g/mol. The van der Waals surface area contributed by atoms with Crippen molar-refractivity contribution in [3.05, 3.63) is 65.6 Å². The molecule has 2 aromatic rings. The number of amides is 1. The van der Waals surface area contributed by atoms with E-state index >= 15 is 0 Å². The van der Waals surface area contributed by atoms with Gasteiger partial charge in [0.15, 0.2) is 0 Å². The van der Waals surface area contributed by atoms with E-state index in [1.807, 2.05) is 12.1 Å². The van der Waals surface area contributed by atoms with Crippen molar-refractivity contribution >= 4 is 12.0 Å². The molecule has 1 N–H and O–H groups in total. The van der Waals surface area contributed by atoms with E-state index < -0.39 is 0 Å². The minimum atomic E-state index is -0.0805. The SMILES string of the molecule is O=C(/C=C/c1ccco1)N[C@H]1CCCc2ccccc21. The van der Waals surface area contributed by atoms with Gasteiger partial charge in [0.1, 0.15) is 5.76 Å². The van der Waals surface area contributed by atoms with E-state index in [9.17, 15) is 4.79 Å². The lowest BCUT2D eigenvalue weighted by molar-refractivity contribution is -0.117. The molecule has 102 valence electrons. The standard InChI is InChI=1S/C17H17NO2/c19-17(11-10-14-7-4-12-20-14)18-16-9-3-6-13-5-1-2-8-15(13)16/h1-2,4-5,7-8,10-12,16H,3,6,9H2,(H,18,19)/b11-10+/t16-/m0/s1. The van der Waals surface area contributed by atoms with Crippen LogP contribution in [-0.4, -0.2) is 5.91 Å². The molecule has 1 aromatic carbocycles. The van der Waals surface area contributed by atoms with Gasteiger partial charge in [-0.05, 0) is 48.6 Å². The second-order valence-electron chi connectivity index (χ2n) is 5.00. The van der Waals surface area contributed by atoms with Crippen molar-refractivity contribution in [2.75, 3.05) is 0 Å². The molecule has 3 nitrogen and oxygen atoms in total. The van der Waals surface area contributed by atoms with Crippen LogP contribution < -0.4 is 5.32 Å². The smallest absolute Gasteiger partial charge is 0.244 e. The maximum atomic E-state index is 12.0. The molecular formula is C17H17NO2. The molecule has 0 saturated heterocycles. The Labute approximate surface area is 118 Å². The van der Waals surface area contributed by atoms with Gasteiger partial charge < -0.3 is 9.73 Å². The first-order valence-electron chi connectivity index (χ1n) is 6.93. The predicted molar refractivity (Wildman–Crippen MR) is 78.0 cm³/mol. The van der Waals surface area contributed by atoms with E-state index in [2.05, 4.69) is 23.5 Å². The maximum Gasteiger partial charge on any atom is 0.244 e. The lowest BCUT2D eigenvalue weighted by Crippen LogP contribution is -2.29. The number of rotatable bonds is 3. The van der Waals surface area contributed by atoms with Crippen LogP contribution in [0.2, 0.25) is 0 Å². The van der Waals surface area contributed by atoms with Crippen molar-refractivity contribution in [1.82, 2.24) is 5.32 Å². The Kier molecular flexibility index (Phi) is 3.68. The number of hydrogen-bond acceptors (Lipinski definition) is 2. The third-order valence-corrected chi connectivity index (χ3v) is 3.63. The fourth-order valence-electron chi connectivity index (χ4n) is 2.67. The molecule has 0 spiro atoms. The Bertz CT molecular complexity index is 614. The van der Waals surface area contributed by atoms with Crippen LogP contribution in [0.4, 0.5) is 0 Å². The van der Waals surface area contributed by atoms with Gasteiger partial charge in [0.2, 0.25) is 5.91 Å². The molecule has 1 atom stereocenters. The third-order valence-electron chi connectivity index (χ3n) is 3.63. The van der Waals surface area contributed by atoms with Crippen LogP contribution in [0.5, 0.6) is 0 Å². The first kappa shape index (κ1) is 12.7. The Hall–Kier alpha value is -2.29. The number of nitrogens with one attached hydrogen (secondary N) is 1. The van der Waals surface area contributed by atoms with E-state index in [1.165, 1.54) is 17.2 Å². The molecule has 1 amide bonds. The number of benzene rings is 1. The quantitative estimate of drug-likeness (QED) is 0.865. The van der Waals surface area contributed by atoms with E-state index in [0.717, 1.165) is 19.3 Å². The first-order valence-corrected chi connectivity index (χ1v) is 6.93. The highest BCUT2D eigenvalue weighted by Crippen LogP contribution is 2.29. The van der Waals surface area contributed by atoms with Gasteiger partial charge in [-0.2, -0.15) is 0 Å². The molecule has 3 rings (SSSR count). The molecular weight excluding hydrogens is 250 g/mol. The molecule has 0 bridgehead atoms. The minimum Gasteiger partial charge on any atom is -0.465 e. The average Bonchev–Trinajstić information content (AvgIpc) is 2.99. The lowest BCUT2D eigenvalue weighted by atomic mass is 9.88. The van der Waals surface area contributed by atoms with E-state index in [-0.39, 0.29) is 11.9 Å². The van der Waals surface area contributed by atoms with Crippen LogP contribution in [-0.2, 0) is 11.2 Å². The van der Waals surface area contributed by atoms with Gasteiger partial charge in [0.25, 0.3) is 0 Å². The van der Waals surface area contributed by atoms with Gasteiger partial charge in [-0.1, -0.05) is 24.3 Å². The number of carbonyl (C=O) groups excluding carboxylic acids is 1. The van der Waals surface area contributed by atoms with Gasteiger partial charge in [-0.3, -0.25) is 4.79 Å². The maximum absolute atomic E-state index is 12.0. The molecule has 3 heteroatoms. The molecule has 0 radical (unpaired) electrons. The fraction of sp³-hybridized carbons (Fsp3) is 0.235. The number of fused-ring (bicyclic) bond motifs is 1. The molecule has 1 aliphatic carbocycles. The van der Waals surface area contributed by atoms with Gasteiger partial charge in [0.05, 0.1) is 12.3 Å². The van der Waals surface area contributed by atoms with Crippen LogP contribution in [0.1, 0.15) is 35.8 Å². The van der Waals surface area contributed by atoms with Crippen LogP contribution in [0.25, 0.3) is 6.08 Å². The molecule has 1 aliphatic rings. The van der Waals surface area contributed by atoms with Gasteiger partial charge in [-0.25, -0.2) is 0 Å². The summed E-state index contributed by atoms with van der Waals surface area (Å²) in [5.74, 6) is 0.604. The highest BCUT2D eigenvalue weighted by Gasteiger charge is 2.20. The second-order valence-corrected chi connectivity index (χ2v) is 5.00. The Morgan fingerprint density at radius 2 is 2.15 bits per heavy atom. The van der Waals surface area contributed by atoms with Crippen molar-refractivity contribution in [2.45, 2.75) is 25.3 Å². The van der Waals surface area contributed by atoms with Gasteiger partial charge in [0, 0.05) is 6.08 Å². The molecule has 0 fully saturated rings. The predicted octanol–water partition coefficient (Wildman–Crippen LogP) is 3.49. The van der Waals surface area contributed by atoms with E-state index in [0.29, 0.717) is 5.76 Å². The third kappa shape index (κ3) is 2.82.